The first-order valence-electron chi connectivity index (χ1n) is 7.01. The summed E-state index contributed by atoms with van der Waals surface area (Å²) in [5.41, 5.74) is 5.08. The van der Waals surface area contributed by atoms with Crippen molar-refractivity contribution >= 4 is 15.9 Å². The predicted octanol–water partition coefficient (Wildman–Crippen LogP) is 3.38. The zero-order chi connectivity index (χ0) is 15.1. The topological polar surface area (TPSA) is 60.2 Å². The largest absolute Gasteiger partial charge is 0.492 e. The molecule has 4 nitrogen and oxygen atoms in total. The average molecular weight is 350 g/mol. The quantitative estimate of drug-likeness (QED) is 0.594. The van der Waals surface area contributed by atoms with Crippen LogP contribution in [0.5, 0.6) is 5.75 Å². The van der Waals surface area contributed by atoms with E-state index < -0.39 is 0 Å². The highest BCUT2D eigenvalue weighted by atomic mass is 79.9. The molecule has 0 amide bonds. The third kappa shape index (κ3) is 4.81. The van der Waals surface area contributed by atoms with Gasteiger partial charge in [0, 0.05) is 10.7 Å². The summed E-state index contributed by atoms with van der Waals surface area (Å²) in [4.78, 5) is 4.24. The molecule has 2 rings (SSSR count). The summed E-state index contributed by atoms with van der Waals surface area (Å²) in [7, 11) is 0. The summed E-state index contributed by atoms with van der Waals surface area (Å²) in [5, 5.41) is 0. The van der Waals surface area contributed by atoms with E-state index in [1.165, 1.54) is 5.56 Å². The van der Waals surface area contributed by atoms with E-state index in [1.54, 1.807) is 6.20 Å². The number of aromatic nitrogens is 1. The van der Waals surface area contributed by atoms with Gasteiger partial charge in [0.2, 0.25) is 0 Å². The van der Waals surface area contributed by atoms with Gasteiger partial charge in [0.25, 0.3) is 0 Å². The second-order valence-electron chi connectivity index (χ2n) is 4.86. The molecule has 0 radical (unpaired) electrons. The molecule has 0 aliphatic carbocycles. The van der Waals surface area contributed by atoms with Crippen LogP contribution < -0.4 is 16.0 Å². The number of pyridine rings is 1. The van der Waals surface area contributed by atoms with E-state index in [9.17, 15) is 0 Å². The van der Waals surface area contributed by atoms with E-state index in [1.807, 2.05) is 24.4 Å². The minimum absolute atomic E-state index is 0.00280. The SMILES string of the molecule is CCCOc1cncc(C(Cc2cccc(Br)c2)NN)c1. The maximum absolute atomic E-state index is 5.71. The smallest absolute Gasteiger partial charge is 0.137 e. The molecular formula is C16H20BrN3O. The molecule has 0 spiro atoms. The zero-order valence-corrected chi connectivity index (χ0v) is 13.6. The van der Waals surface area contributed by atoms with Crippen molar-refractivity contribution in [2.45, 2.75) is 25.8 Å². The second kappa shape index (κ2) is 8.12. The lowest BCUT2D eigenvalue weighted by Gasteiger charge is -2.17. The Labute approximate surface area is 133 Å². The Hall–Kier alpha value is -1.43. The van der Waals surface area contributed by atoms with Crippen molar-refractivity contribution in [2.75, 3.05) is 6.61 Å². The van der Waals surface area contributed by atoms with Gasteiger partial charge in [0.15, 0.2) is 0 Å². The number of hydrazine groups is 1. The normalized spacial score (nSPS) is 12.1. The van der Waals surface area contributed by atoms with E-state index in [0.29, 0.717) is 6.61 Å². The van der Waals surface area contributed by atoms with Gasteiger partial charge in [-0.25, -0.2) is 0 Å². The molecule has 0 aliphatic rings. The molecule has 0 aliphatic heterocycles. The van der Waals surface area contributed by atoms with Crippen LogP contribution in [0, 0.1) is 0 Å². The van der Waals surface area contributed by atoms with Gasteiger partial charge in [-0.2, -0.15) is 0 Å². The molecule has 0 saturated heterocycles. The highest BCUT2D eigenvalue weighted by molar-refractivity contribution is 9.10. The summed E-state index contributed by atoms with van der Waals surface area (Å²) >= 11 is 3.49. The van der Waals surface area contributed by atoms with E-state index >= 15 is 0 Å². The third-order valence-electron chi connectivity index (χ3n) is 3.14. The average Bonchev–Trinajstić information content (AvgIpc) is 2.51. The predicted molar refractivity (Wildman–Crippen MR) is 87.9 cm³/mol. The van der Waals surface area contributed by atoms with Crippen LogP contribution >= 0.6 is 15.9 Å². The Kier molecular flexibility index (Phi) is 6.17. The van der Waals surface area contributed by atoms with Gasteiger partial charge in [-0.05, 0) is 42.2 Å². The van der Waals surface area contributed by atoms with E-state index in [2.05, 4.69) is 45.4 Å². The maximum atomic E-state index is 5.71. The van der Waals surface area contributed by atoms with Crippen LogP contribution in [-0.2, 0) is 6.42 Å². The van der Waals surface area contributed by atoms with E-state index in [4.69, 9.17) is 10.6 Å². The fraction of sp³-hybridized carbons (Fsp3) is 0.312. The monoisotopic (exact) mass is 349 g/mol. The van der Waals surface area contributed by atoms with Crippen molar-refractivity contribution in [3.63, 3.8) is 0 Å². The first-order valence-corrected chi connectivity index (χ1v) is 7.80. The fourth-order valence-electron chi connectivity index (χ4n) is 2.10. The fourth-order valence-corrected chi connectivity index (χ4v) is 2.54. The molecule has 1 aromatic heterocycles. The summed E-state index contributed by atoms with van der Waals surface area (Å²) < 4.78 is 6.69. The highest BCUT2D eigenvalue weighted by Gasteiger charge is 2.12. The summed E-state index contributed by atoms with van der Waals surface area (Å²) in [6.45, 7) is 2.77. The second-order valence-corrected chi connectivity index (χ2v) is 5.77. The number of hydrogen-bond donors (Lipinski definition) is 2. The molecule has 0 fully saturated rings. The van der Waals surface area contributed by atoms with Gasteiger partial charge in [-0.1, -0.05) is 35.0 Å². The Morgan fingerprint density at radius 1 is 1.33 bits per heavy atom. The van der Waals surface area contributed by atoms with Gasteiger partial charge in [0.05, 0.1) is 18.8 Å². The molecule has 112 valence electrons. The van der Waals surface area contributed by atoms with Gasteiger partial charge in [-0.15, -0.1) is 0 Å². The molecule has 1 aromatic carbocycles. The van der Waals surface area contributed by atoms with Gasteiger partial charge in [-0.3, -0.25) is 16.3 Å². The van der Waals surface area contributed by atoms with Gasteiger partial charge >= 0.3 is 0 Å². The van der Waals surface area contributed by atoms with Gasteiger partial charge < -0.3 is 4.74 Å². The Balaban J connectivity index is 2.13. The number of benzene rings is 1. The van der Waals surface area contributed by atoms with Crippen LogP contribution in [0.15, 0.2) is 47.2 Å². The number of rotatable bonds is 7. The number of nitrogens with two attached hydrogens (primary N) is 1. The van der Waals surface area contributed by atoms with Crippen molar-refractivity contribution in [1.29, 1.82) is 0 Å². The number of halogens is 1. The maximum Gasteiger partial charge on any atom is 0.137 e. The first-order chi connectivity index (χ1) is 10.2. The van der Waals surface area contributed by atoms with E-state index in [0.717, 1.165) is 28.6 Å². The molecule has 0 saturated carbocycles. The Morgan fingerprint density at radius 2 is 2.19 bits per heavy atom. The first kappa shape index (κ1) is 15.9. The van der Waals surface area contributed by atoms with Crippen LogP contribution in [0.2, 0.25) is 0 Å². The van der Waals surface area contributed by atoms with Crippen molar-refractivity contribution in [3.05, 3.63) is 58.3 Å². The summed E-state index contributed by atoms with van der Waals surface area (Å²) in [6.07, 6.45) is 5.31. The van der Waals surface area contributed by atoms with Crippen LogP contribution in [0.4, 0.5) is 0 Å². The lowest BCUT2D eigenvalue weighted by Crippen LogP contribution is -2.29. The Morgan fingerprint density at radius 3 is 2.90 bits per heavy atom. The van der Waals surface area contributed by atoms with Crippen LogP contribution in [-0.4, -0.2) is 11.6 Å². The number of hydrogen-bond acceptors (Lipinski definition) is 4. The van der Waals surface area contributed by atoms with E-state index in [-0.39, 0.29) is 6.04 Å². The molecule has 2 aromatic rings. The number of ether oxygens (including phenoxy) is 1. The molecule has 1 unspecified atom stereocenters. The Bertz CT molecular complexity index is 577. The molecular weight excluding hydrogens is 330 g/mol. The van der Waals surface area contributed by atoms with Crippen molar-refractivity contribution in [2.24, 2.45) is 5.84 Å². The van der Waals surface area contributed by atoms with Crippen LogP contribution in [0.3, 0.4) is 0 Å². The molecule has 0 bridgehead atoms. The number of nitrogens with zero attached hydrogens (tertiary/aromatic N) is 1. The molecule has 5 heteroatoms. The third-order valence-corrected chi connectivity index (χ3v) is 3.63. The van der Waals surface area contributed by atoms with Crippen molar-refractivity contribution < 1.29 is 4.74 Å². The molecule has 1 atom stereocenters. The molecule has 1 heterocycles. The highest BCUT2D eigenvalue weighted by Crippen LogP contribution is 2.22. The lowest BCUT2D eigenvalue weighted by atomic mass is 10.0. The molecule has 21 heavy (non-hydrogen) atoms. The lowest BCUT2D eigenvalue weighted by molar-refractivity contribution is 0.315. The van der Waals surface area contributed by atoms with Crippen molar-refractivity contribution in [1.82, 2.24) is 10.4 Å². The minimum Gasteiger partial charge on any atom is -0.492 e. The van der Waals surface area contributed by atoms with Crippen LogP contribution in [0.25, 0.3) is 0 Å². The summed E-state index contributed by atoms with van der Waals surface area (Å²) in [6, 6.07) is 10.2. The number of nitrogens with one attached hydrogen (secondary N) is 1. The molecule has 3 N–H and O–H groups in total. The van der Waals surface area contributed by atoms with Gasteiger partial charge in [0.1, 0.15) is 5.75 Å². The van der Waals surface area contributed by atoms with Crippen LogP contribution in [0.1, 0.15) is 30.5 Å². The minimum atomic E-state index is -0.00280. The van der Waals surface area contributed by atoms with Crippen molar-refractivity contribution in [3.8, 4) is 5.75 Å². The summed E-state index contributed by atoms with van der Waals surface area (Å²) in [5.74, 6) is 6.49. The zero-order valence-electron chi connectivity index (χ0n) is 12.1. The standard InChI is InChI=1S/C16H20BrN3O/c1-2-6-21-15-9-13(10-19-11-15)16(20-18)8-12-4-3-5-14(17)7-12/h3-5,7,9-11,16,20H,2,6,8,18H2,1H3.